The van der Waals surface area contributed by atoms with E-state index >= 15 is 0 Å². The van der Waals surface area contributed by atoms with Gasteiger partial charge in [0.25, 0.3) is 0 Å². The Morgan fingerprint density at radius 1 is 0.773 bits per heavy atom. The molecular weight excluding hydrogens is 268 g/mol. The SMILES string of the molecule is Cc1ccccc1-c1c[n+](C)c(-c2ccccc2C)c(C)n1. The van der Waals surface area contributed by atoms with Crippen LogP contribution in [-0.2, 0) is 7.05 Å². The van der Waals surface area contributed by atoms with Gasteiger partial charge < -0.3 is 0 Å². The molecule has 22 heavy (non-hydrogen) atoms. The van der Waals surface area contributed by atoms with Crippen LogP contribution in [0.4, 0.5) is 0 Å². The van der Waals surface area contributed by atoms with Crippen molar-refractivity contribution in [3.8, 4) is 22.5 Å². The second-order valence-corrected chi connectivity index (χ2v) is 5.80. The van der Waals surface area contributed by atoms with E-state index in [0.717, 1.165) is 11.4 Å². The van der Waals surface area contributed by atoms with Crippen LogP contribution in [0.15, 0.2) is 54.7 Å². The van der Waals surface area contributed by atoms with Crippen LogP contribution >= 0.6 is 0 Å². The van der Waals surface area contributed by atoms with Gasteiger partial charge in [-0.05, 0) is 38.0 Å². The standard InChI is InChI=1S/C20H21N2/c1-14-9-5-7-11-17(14)19-13-22(4)20(16(3)21-19)18-12-8-6-10-15(18)2/h5-13H,1-4H3/q+1. The van der Waals surface area contributed by atoms with E-state index in [0.29, 0.717) is 0 Å². The normalized spacial score (nSPS) is 10.7. The van der Waals surface area contributed by atoms with Crippen molar-refractivity contribution >= 4 is 0 Å². The number of hydrogen-bond donors (Lipinski definition) is 0. The number of hydrogen-bond acceptors (Lipinski definition) is 1. The minimum absolute atomic E-state index is 1.02. The molecule has 0 bridgehead atoms. The highest BCUT2D eigenvalue weighted by atomic mass is 15.0. The highest BCUT2D eigenvalue weighted by Crippen LogP contribution is 2.25. The molecular formula is C20H21N2+. The molecule has 0 radical (unpaired) electrons. The van der Waals surface area contributed by atoms with Gasteiger partial charge >= 0.3 is 0 Å². The smallest absolute Gasteiger partial charge is 0.233 e. The van der Waals surface area contributed by atoms with E-state index in [-0.39, 0.29) is 0 Å². The van der Waals surface area contributed by atoms with Crippen molar-refractivity contribution in [1.82, 2.24) is 4.98 Å². The molecule has 0 atom stereocenters. The zero-order valence-corrected chi connectivity index (χ0v) is 13.6. The molecule has 3 rings (SSSR count). The van der Waals surface area contributed by atoms with Gasteiger partial charge in [-0.25, -0.2) is 4.98 Å². The lowest BCUT2D eigenvalue weighted by Crippen LogP contribution is -2.33. The molecule has 0 amide bonds. The maximum absolute atomic E-state index is 4.86. The zero-order valence-electron chi connectivity index (χ0n) is 13.6. The highest BCUT2D eigenvalue weighted by Gasteiger charge is 2.19. The van der Waals surface area contributed by atoms with E-state index in [4.69, 9.17) is 4.98 Å². The van der Waals surface area contributed by atoms with Gasteiger partial charge in [-0.2, -0.15) is 4.57 Å². The van der Waals surface area contributed by atoms with E-state index in [9.17, 15) is 0 Å². The summed E-state index contributed by atoms with van der Waals surface area (Å²) in [6, 6.07) is 16.8. The van der Waals surface area contributed by atoms with E-state index in [1.165, 1.54) is 27.9 Å². The second kappa shape index (κ2) is 5.72. The second-order valence-electron chi connectivity index (χ2n) is 5.80. The average Bonchev–Trinajstić information content (AvgIpc) is 2.49. The first-order chi connectivity index (χ1) is 10.6. The Kier molecular flexibility index (Phi) is 3.76. The molecule has 0 unspecified atom stereocenters. The Balaban J connectivity index is 2.18. The summed E-state index contributed by atoms with van der Waals surface area (Å²) in [4.78, 5) is 4.86. The summed E-state index contributed by atoms with van der Waals surface area (Å²) in [6.45, 7) is 6.36. The summed E-state index contributed by atoms with van der Waals surface area (Å²) in [7, 11) is 2.10. The molecule has 110 valence electrons. The molecule has 0 aliphatic carbocycles. The van der Waals surface area contributed by atoms with Gasteiger partial charge in [0.1, 0.15) is 18.4 Å². The van der Waals surface area contributed by atoms with Gasteiger partial charge in [0.15, 0.2) is 6.20 Å². The van der Waals surface area contributed by atoms with Gasteiger partial charge in [0.2, 0.25) is 5.69 Å². The number of benzene rings is 2. The first-order valence-electron chi connectivity index (χ1n) is 7.57. The molecule has 3 aromatic rings. The first-order valence-corrected chi connectivity index (χ1v) is 7.57. The maximum Gasteiger partial charge on any atom is 0.233 e. The molecule has 0 aliphatic heterocycles. The largest absolute Gasteiger partial charge is 0.240 e. The van der Waals surface area contributed by atoms with Crippen LogP contribution < -0.4 is 4.57 Å². The van der Waals surface area contributed by atoms with Crippen LogP contribution in [0, 0.1) is 20.8 Å². The molecule has 0 spiro atoms. The minimum atomic E-state index is 1.02. The molecule has 0 saturated carbocycles. The Morgan fingerprint density at radius 2 is 1.32 bits per heavy atom. The van der Waals surface area contributed by atoms with Crippen LogP contribution in [0.25, 0.3) is 22.5 Å². The molecule has 0 saturated heterocycles. The molecule has 0 aliphatic rings. The Hall–Kier alpha value is -2.48. The fraction of sp³-hybridized carbons (Fsp3) is 0.200. The van der Waals surface area contributed by atoms with Gasteiger partial charge in [0.05, 0.1) is 5.56 Å². The Morgan fingerprint density at radius 3 is 1.86 bits per heavy atom. The molecule has 1 aromatic heterocycles. The fourth-order valence-electron chi connectivity index (χ4n) is 2.98. The monoisotopic (exact) mass is 289 g/mol. The maximum atomic E-state index is 4.86. The molecule has 0 fully saturated rings. The topological polar surface area (TPSA) is 16.8 Å². The lowest BCUT2D eigenvalue weighted by Gasteiger charge is -2.09. The van der Waals surface area contributed by atoms with Crippen molar-refractivity contribution < 1.29 is 4.57 Å². The Labute approximate surface area is 132 Å². The van der Waals surface area contributed by atoms with Crippen molar-refractivity contribution in [2.45, 2.75) is 20.8 Å². The summed E-state index contributed by atoms with van der Waals surface area (Å²) in [6.07, 6.45) is 2.12. The summed E-state index contributed by atoms with van der Waals surface area (Å²) in [5.41, 5.74) is 8.21. The quantitative estimate of drug-likeness (QED) is 0.647. The number of rotatable bonds is 2. The lowest BCUT2D eigenvalue weighted by molar-refractivity contribution is -0.660. The van der Waals surface area contributed by atoms with Crippen LogP contribution in [0.5, 0.6) is 0 Å². The lowest BCUT2D eigenvalue weighted by atomic mass is 10.0. The fourth-order valence-corrected chi connectivity index (χ4v) is 2.98. The number of aromatic nitrogens is 2. The molecule has 2 aromatic carbocycles. The minimum Gasteiger partial charge on any atom is -0.240 e. The van der Waals surface area contributed by atoms with Crippen molar-refractivity contribution in [2.24, 2.45) is 7.05 Å². The van der Waals surface area contributed by atoms with Crippen molar-refractivity contribution in [1.29, 1.82) is 0 Å². The third kappa shape index (κ3) is 2.52. The number of nitrogens with zero attached hydrogens (tertiary/aromatic N) is 2. The number of aryl methyl sites for hydroxylation is 4. The van der Waals surface area contributed by atoms with Gasteiger partial charge in [-0.1, -0.05) is 42.5 Å². The van der Waals surface area contributed by atoms with Crippen LogP contribution in [0.2, 0.25) is 0 Å². The van der Waals surface area contributed by atoms with Crippen LogP contribution in [-0.4, -0.2) is 4.98 Å². The van der Waals surface area contributed by atoms with E-state index < -0.39 is 0 Å². The van der Waals surface area contributed by atoms with Gasteiger partial charge in [-0.15, -0.1) is 0 Å². The van der Waals surface area contributed by atoms with E-state index in [2.05, 4.69) is 87.1 Å². The summed E-state index contributed by atoms with van der Waals surface area (Å²) in [5, 5.41) is 0. The highest BCUT2D eigenvalue weighted by molar-refractivity contribution is 5.66. The van der Waals surface area contributed by atoms with Gasteiger partial charge in [-0.3, -0.25) is 0 Å². The van der Waals surface area contributed by atoms with Gasteiger partial charge in [0, 0.05) is 5.56 Å². The van der Waals surface area contributed by atoms with Crippen molar-refractivity contribution in [3.63, 3.8) is 0 Å². The third-order valence-electron chi connectivity index (χ3n) is 4.12. The van der Waals surface area contributed by atoms with E-state index in [1.807, 2.05) is 0 Å². The molecule has 2 nitrogen and oxygen atoms in total. The summed E-state index contributed by atoms with van der Waals surface area (Å²) in [5.74, 6) is 0. The predicted molar refractivity (Wildman–Crippen MR) is 90.5 cm³/mol. The predicted octanol–water partition coefficient (Wildman–Crippen LogP) is 4.17. The molecule has 0 N–H and O–H groups in total. The Bertz CT molecular complexity index is 812. The van der Waals surface area contributed by atoms with Crippen LogP contribution in [0.1, 0.15) is 16.8 Å². The van der Waals surface area contributed by atoms with Crippen molar-refractivity contribution in [2.75, 3.05) is 0 Å². The van der Waals surface area contributed by atoms with E-state index in [1.54, 1.807) is 0 Å². The molecule has 2 heteroatoms. The average molecular weight is 289 g/mol. The van der Waals surface area contributed by atoms with Crippen molar-refractivity contribution in [3.05, 3.63) is 71.5 Å². The summed E-state index contributed by atoms with van der Waals surface area (Å²) < 4.78 is 2.19. The van der Waals surface area contributed by atoms with Crippen LogP contribution in [0.3, 0.4) is 0 Å². The first kappa shape index (κ1) is 14.5. The third-order valence-corrected chi connectivity index (χ3v) is 4.12. The molecule has 1 heterocycles. The summed E-state index contributed by atoms with van der Waals surface area (Å²) >= 11 is 0. The zero-order chi connectivity index (χ0) is 15.7.